The van der Waals surface area contributed by atoms with Crippen molar-refractivity contribution in [3.05, 3.63) is 161 Å². The first-order chi connectivity index (χ1) is 25.0. The van der Waals surface area contributed by atoms with Gasteiger partial charge in [-0.2, -0.15) is 4.79 Å². The van der Waals surface area contributed by atoms with E-state index in [1.807, 2.05) is 84.9 Å². The minimum Gasteiger partial charge on any atom is -0.448 e. The summed E-state index contributed by atoms with van der Waals surface area (Å²) < 4.78 is 14.1. The predicted molar refractivity (Wildman–Crippen MR) is 201 cm³/mol. The van der Waals surface area contributed by atoms with Crippen molar-refractivity contribution in [2.24, 2.45) is 0 Å². The van der Waals surface area contributed by atoms with Gasteiger partial charge in [0.05, 0.1) is 20.8 Å². The number of carbonyl (C=O) groups is 2. The number of aromatic nitrogens is 1. The number of rotatable bonds is 5. The molecular formula is C43H32N3O4S+. The molecule has 0 aromatic heterocycles. The maximum atomic E-state index is 13.3. The number of hydrogen-bond donors (Lipinski definition) is 1. The molecule has 3 aliphatic carbocycles. The molecule has 51 heavy (non-hydrogen) atoms. The molecule has 0 atom stereocenters. The first-order valence-electron chi connectivity index (χ1n) is 16.9. The molecule has 0 unspecified atom stereocenters. The van der Waals surface area contributed by atoms with Crippen LogP contribution in [-0.4, -0.2) is 37.4 Å². The number of carbonyl (C=O) groups excluding carboxylic acids is 2. The number of hydrogen-bond acceptors (Lipinski definition) is 6. The maximum Gasteiger partial charge on any atom is 0.596 e. The third-order valence-electron chi connectivity index (χ3n) is 9.95. The van der Waals surface area contributed by atoms with Crippen molar-refractivity contribution in [1.29, 1.82) is 0 Å². The van der Waals surface area contributed by atoms with Crippen LogP contribution in [0.4, 0.5) is 15.3 Å². The highest BCUT2D eigenvalue weighted by molar-refractivity contribution is 7.21. The molecule has 0 bridgehead atoms. The van der Waals surface area contributed by atoms with Gasteiger partial charge in [0.1, 0.15) is 20.3 Å². The molecule has 1 N–H and O–H groups in total. The molecule has 0 saturated carbocycles. The Morgan fingerprint density at radius 3 is 1.76 bits per heavy atom. The van der Waals surface area contributed by atoms with Gasteiger partial charge in [-0.3, -0.25) is 5.32 Å². The van der Waals surface area contributed by atoms with Gasteiger partial charge in [0.2, 0.25) is 5.36 Å². The molecule has 0 fully saturated rings. The van der Waals surface area contributed by atoms with Gasteiger partial charge in [0.25, 0.3) is 0 Å². The minimum atomic E-state index is -0.512. The summed E-state index contributed by atoms with van der Waals surface area (Å²) in [5, 5.41) is 3.60. The van der Waals surface area contributed by atoms with E-state index >= 15 is 0 Å². The van der Waals surface area contributed by atoms with Crippen LogP contribution in [0.15, 0.2) is 133 Å². The minimum absolute atomic E-state index is 0.0135. The van der Waals surface area contributed by atoms with Gasteiger partial charge >= 0.3 is 12.2 Å². The molecule has 1 heterocycles. The summed E-state index contributed by atoms with van der Waals surface area (Å²) >= 11 is 1.54. The molecule has 0 spiro atoms. The number of amides is 2. The van der Waals surface area contributed by atoms with E-state index in [9.17, 15) is 9.59 Å². The molecule has 9 rings (SSSR count). The second-order valence-corrected chi connectivity index (χ2v) is 13.9. The lowest BCUT2D eigenvalue weighted by atomic mass is 9.98. The quantitative estimate of drug-likeness (QED) is 0.144. The fourth-order valence-corrected chi connectivity index (χ4v) is 8.49. The lowest BCUT2D eigenvalue weighted by Crippen LogP contribution is -2.33. The number of ether oxygens (including phenoxy) is 2. The number of nitrogens with one attached hydrogen (secondary N) is 1. The van der Waals surface area contributed by atoms with Crippen LogP contribution in [0.5, 0.6) is 0 Å². The van der Waals surface area contributed by atoms with Crippen molar-refractivity contribution in [3.8, 4) is 32.8 Å². The fraction of sp³-hybridized carbons (Fsp3) is 0.116. The van der Waals surface area contributed by atoms with Crippen LogP contribution in [0.1, 0.15) is 34.1 Å². The highest BCUT2D eigenvalue weighted by atomic mass is 32.1. The van der Waals surface area contributed by atoms with E-state index in [-0.39, 0.29) is 25.0 Å². The zero-order valence-electron chi connectivity index (χ0n) is 27.7. The van der Waals surface area contributed by atoms with E-state index in [1.54, 1.807) is 7.05 Å². The molecule has 5 aromatic rings. The Balaban J connectivity index is 0.913. The Bertz CT molecular complexity index is 2470. The van der Waals surface area contributed by atoms with Crippen LogP contribution in [0.3, 0.4) is 0 Å². The SMILES string of the molecule is C/[N+](C(=O)OCC1c2ccccc2-c2ccccc21)=c1/ccc2nc3ccc(NC(=O)OCC4c5ccccc5-c5ccccc54)cc3sc-2c1. The van der Waals surface area contributed by atoms with Crippen molar-refractivity contribution in [2.45, 2.75) is 11.8 Å². The van der Waals surface area contributed by atoms with Gasteiger partial charge in [-0.25, -0.2) is 9.78 Å². The van der Waals surface area contributed by atoms with Crippen LogP contribution < -0.4 is 15.2 Å². The Hall–Kier alpha value is -6.12. The highest BCUT2D eigenvalue weighted by Crippen LogP contribution is 2.45. The lowest BCUT2D eigenvalue weighted by Gasteiger charge is -2.15. The number of anilines is 1. The Labute approximate surface area is 298 Å². The zero-order valence-corrected chi connectivity index (χ0v) is 28.5. The summed E-state index contributed by atoms with van der Waals surface area (Å²) in [6, 6.07) is 44.5. The topological polar surface area (TPSA) is 80.5 Å². The third kappa shape index (κ3) is 5.54. The summed E-state index contributed by atoms with van der Waals surface area (Å²) in [6.07, 6.45) is -0.938. The summed E-state index contributed by atoms with van der Waals surface area (Å²) in [4.78, 5) is 32.0. The average Bonchev–Trinajstić information content (AvgIpc) is 3.67. The zero-order chi connectivity index (χ0) is 34.5. The van der Waals surface area contributed by atoms with E-state index in [4.69, 9.17) is 14.5 Å². The van der Waals surface area contributed by atoms with Crippen LogP contribution in [0.2, 0.25) is 0 Å². The molecule has 1 aliphatic heterocycles. The van der Waals surface area contributed by atoms with Crippen LogP contribution in [-0.2, 0) is 9.47 Å². The second-order valence-electron chi connectivity index (χ2n) is 12.9. The Morgan fingerprint density at radius 2 is 1.20 bits per heavy atom. The third-order valence-corrected chi connectivity index (χ3v) is 11.0. The molecule has 7 nitrogen and oxygen atoms in total. The van der Waals surface area contributed by atoms with Crippen molar-refractivity contribution in [2.75, 3.05) is 25.6 Å². The summed E-state index contributed by atoms with van der Waals surface area (Å²) in [5.74, 6) is -0.0290. The smallest absolute Gasteiger partial charge is 0.448 e. The van der Waals surface area contributed by atoms with Crippen molar-refractivity contribution < 1.29 is 19.1 Å². The van der Waals surface area contributed by atoms with Gasteiger partial charge in [0, 0.05) is 29.7 Å². The fourth-order valence-electron chi connectivity index (χ4n) is 7.45. The summed E-state index contributed by atoms with van der Waals surface area (Å²) in [5.41, 5.74) is 11.7. The Kier molecular flexibility index (Phi) is 7.66. The van der Waals surface area contributed by atoms with E-state index in [2.05, 4.69) is 53.8 Å². The number of benzene rings is 6. The van der Waals surface area contributed by atoms with Crippen molar-refractivity contribution >= 4 is 39.4 Å². The van der Waals surface area contributed by atoms with E-state index in [1.165, 1.54) is 60.4 Å². The molecule has 248 valence electrons. The standard InChI is InChI=1S/C43H31N3O4S/c1-46(43(48)50-25-37-34-16-8-4-12-30(34)31-13-5-9-17-35(31)37)27-19-21-39-41(23-27)51-40-22-26(18-20-38(40)45-39)44-42(47)49-24-36-32-14-6-2-10-28(32)29-11-3-7-15-33(29)36/h2-23,36-37H,24-25H2,1H3/p+1. The van der Waals surface area contributed by atoms with Crippen LogP contribution in [0, 0.1) is 0 Å². The van der Waals surface area contributed by atoms with E-state index in [0.29, 0.717) is 11.0 Å². The molecule has 5 aromatic carbocycles. The molecule has 0 radical (unpaired) electrons. The van der Waals surface area contributed by atoms with Gasteiger partial charge in [-0.15, -0.1) is 15.9 Å². The molecule has 0 saturated heterocycles. The van der Waals surface area contributed by atoms with Crippen LogP contribution in [0.25, 0.3) is 43.0 Å². The monoisotopic (exact) mass is 686 g/mol. The molecular weight excluding hydrogens is 655 g/mol. The number of fused-ring (bicyclic) bond motifs is 8. The lowest BCUT2D eigenvalue weighted by molar-refractivity contribution is 0.139. The molecule has 8 heteroatoms. The molecule has 2 amide bonds. The summed E-state index contributed by atoms with van der Waals surface area (Å²) in [6.45, 7) is 0.487. The van der Waals surface area contributed by atoms with Gasteiger partial charge in [0.15, 0.2) is 0 Å². The first kappa shape index (κ1) is 30.9. The first-order valence-corrected chi connectivity index (χ1v) is 17.7. The normalized spacial score (nSPS) is 13.7. The summed E-state index contributed by atoms with van der Waals surface area (Å²) in [7, 11) is 1.72. The predicted octanol–water partition coefficient (Wildman–Crippen LogP) is 9.11. The van der Waals surface area contributed by atoms with Crippen molar-refractivity contribution in [1.82, 2.24) is 9.56 Å². The van der Waals surface area contributed by atoms with Crippen LogP contribution >= 0.6 is 11.3 Å². The van der Waals surface area contributed by atoms with Crippen molar-refractivity contribution in [3.63, 3.8) is 0 Å². The maximum absolute atomic E-state index is 13.3. The average molecular weight is 687 g/mol. The molecule has 4 aliphatic rings. The Morgan fingerprint density at radius 1 is 0.667 bits per heavy atom. The second kappa shape index (κ2) is 12.6. The van der Waals surface area contributed by atoms with Gasteiger partial charge in [-0.05, 0) is 68.8 Å². The van der Waals surface area contributed by atoms with E-state index in [0.717, 1.165) is 20.8 Å². The van der Waals surface area contributed by atoms with E-state index < -0.39 is 12.2 Å². The van der Waals surface area contributed by atoms with Gasteiger partial charge < -0.3 is 9.47 Å². The van der Waals surface area contributed by atoms with Gasteiger partial charge in [-0.1, -0.05) is 97.1 Å². The largest absolute Gasteiger partial charge is 0.596 e. The highest BCUT2D eigenvalue weighted by Gasteiger charge is 2.31. The number of nitrogens with zero attached hydrogens (tertiary/aromatic N) is 2.